The minimum absolute atomic E-state index is 1.08. The molecule has 0 spiro atoms. The van der Waals surface area contributed by atoms with Gasteiger partial charge >= 0.3 is 0 Å². The Morgan fingerprint density at radius 3 is 2.31 bits per heavy atom. The molecule has 4 aromatic carbocycles. The Balaban J connectivity index is 1.98. The van der Waals surface area contributed by atoms with Crippen LogP contribution in [0.5, 0.6) is 0 Å². The number of hydrogen-bond acceptors (Lipinski definition) is 1. The summed E-state index contributed by atoms with van der Waals surface area (Å²) in [5, 5.41) is 11.5. The van der Waals surface area contributed by atoms with Crippen LogP contribution in [0.1, 0.15) is 0 Å². The summed E-state index contributed by atoms with van der Waals surface area (Å²) in [5.41, 5.74) is 1.08. The van der Waals surface area contributed by atoms with E-state index < -0.39 is 0 Å². The third kappa shape index (κ3) is 1.68. The van der Waals surface area contributed by atoms with Gasteiger partial charge in [-0.15, -0.1) is 0 Å². The highest BCUT2D eigenvalue weighted by Gasteiger charge is 2.14. The summed E-state index contributed by atoms with van der Waals surface area (Å²) in [6, 6.07) is 21.9. The fourth-order valence-corrected chi connectivity index (χ4v) is 4.41. The predicted octanol–water partition coefficient (Wildman–Crippen LogP) is 6.19. The summed E-state index contributed by atoms with van der Waals surface area (Å²) >= 11 is 0. The van der Waals surface area contributed by atoms with Crippen LogP contribution in [0.15, 0.2) is 79.3 Å². The number of fused-ring (bicyclic) bond motifs is 10. The fourth-order valence-electron chi connectivity index (χ4n) is 4.41. The molecule has 0 radical (unpaired) electrons. The molecule has 2 aromatic heterocycles. The van der Waals surface area contributed by atoms with Gasteiger partial charge in [-0.2, -0.15) is 0 Å². The van der Waals surface area contributed by atoms with Gasteiger partial charge in [0.25, 0.3) is 0 Å². The molecule has 2 heterocycles. The maximum atomic E-state index is 4.69. The lowest BCUT2D eigenvalue weighted by Gasteiger charge is -2.11. The Labute approximate surface area is 150 Å². The average molecular weight is 332 g/mol. The zero-order chi connectivity index (χ0) is 17.3. The maximum absolute atomic E-state index is 4.69. The number of hydrogen-bond donors (Lipinski definition) is 0. The highest BCUT2D eigenvalue weighted by Crippen LogP contribution is 2.39. The van der Waals surface area contributed by atoms with Crippen LogP contribution in [0.4, 0.5) is 0 Å². The van der Waals surface area contributed by atoms with Gasteiger partial charge in [-0.1, -0.05) is 54.6 Å². The van der Waals surface area contributed by atoms with Crippen molar-refractivity contribution in [1.29, 1.82) is 0 Å². The maximum Gasteiger partial charge on any atom is 0.0802 e. The van der Waals surface area contributed by atoms with Crippen molar-refractivity contribution >= 4 is 54.0 Å². The lowest BCUT2D eigenvalue weighted by atomic mass is 9.93. The summed E-state index contributed by atoms with van der Waals surface area (Å²) in [7, 11) is 2.08. The molecule has 6 rings (SSSR count). The number of benzene rings is 4. The molecule has 0 saturated carbocycles. The van der Waals surface area contributed by atoms with E-state index in [0.29, 0.717) is 0 Å². The number of aromatic nitrogens is 2. The molecule has 0 fully saturated rings. The summed E-state index contributed by atoms with van der Waals surface area (Å²) in [6.07, 6.45) is 6.29. The fraction of sp³-hybridized carbons (Fsp3) is 0.0417. The standard InChI is InChI=1S/C24H16N2/c1-26-13-21-22(14-26)24-20(7-4-12-25-24)19-11-10-17-16-6-3-2-5-15(16)8-9-18(17)23(19)21/h2-14H,1H3. The van der Waals surface area contributed by atoms with Crippen LogP contribution in [0.3, 0.4) is 0 Å². The van der Waals surface area contributed by atoms with Gasteiger partial charge in [0.05, 0.1) is 5.52 Å². The van der Waals surface area contributed by atoms with E-state index in [-0.39, 0.29) is 0 Å². The van der Waals surface area contributed by atoms with Crippen molar-refractivity contribution in [3.05, 3.63) is 79.3 Å². The first-order chi connectivity index (χ1) is 12.8. The van der Waals surface area contributed by atoms with Crippen molar-refractivity contribution in [2.45, 2.75) is 0 Å². The highest BCUT2D eigenvalue weighted by molar-refractivity contribution is 6.32. The van der Waals surface area contributed by atoms with Crippen LogP contribution in [0, 0.1) is 0 Å². The second-order valence-electron chi connectivity index (χ2n) is 7.02. The lowest BCUT2D eigenvalue weighted by molar-refractivity contribution is 0.934. The number of aryl methyl sites for hydroxylation is 1. The van der Waals surface area contributed by atoms with Crippen molar-refractivity contribution in [3.8, 4) is 0 Å². The molecule has 0 aliphatic heterocycles. The predicted molar refractivity (Wildman–Crippen MR) is 111 cm³/mol. The third-order valence-corrected chi connectivity index (χ3v) is 5.50. The van der Waals surface area contributed by atoms with Crippen LogP contribution >= 0.6 is 0 Å². The topological polar surface area (TPSA) is 17.8 Å². The molecule has 0 unspecified atom stereocenters. The number of rotatable bonds is 0. The van der Waals surface area contributed by atoms with E-state index in [9.17, 15) is 0 Å². The summed E-state index contributed by atoms with van der Waals surface area (Å²) in [4.78, 5) is 4.69. The Bertz CT molecular complexity index is 1490. The number of pyridine rings is 1. The van der Waals surface area contributed by atoms with Crippen LogP contribution in [0.25, 0.3) is 54.0 Å². The van der Waals surface area contributed by atoms with Gasteiger partial charge in [-0.25, -0.2) is 0 Å². The molecule has 122 valence electrons. The van der Waals surface area contributed by atoms with E-state index in [4.69, 9.17) is 0 Å². The van der Waals surface area contributed by atoms with Gasteiger partial charge in [0.1, 0.15) is 0 Å². The first-order valence-electron chi connectivity index (χ1n) is 8.88. The summed E-state index contributed by atoms with van der Waals surface area (Å²) < 4.78 is 2.14. The quantitative estimate of drug-likeness (QED) is 0.303. The van der Waals surface area contributed by atoms with Crippen LogP contribution in [0.2, 0.25) is 0 Å². The van der Waals surface area contributed by atoms with Gasteiger partial charge in [0, 0.05) is 41.8 Å². The molecule has 6 aromatic rings. The van der Waals surface area contributed by atoms with Crippen LogP contribution < -0.4 is 0 Å². The van der Waals surface area contributed by atoms with Crippen molar-refractivity contribution in [1.82, 2.24) is 9.55 Å². The van der Waals surface area contributed by atoms with E-state index >= 15 is 0 Å². The second kappa shape index (κ2) is 4.83. The molecule has 0 aliphatic carbocycles. The Morgan fingerprint density at radius 2 is 1.35 bits per heavy atom. The first-order valence-corrected chi connectivity index (χ1v) is 8.88. The third-order valence-electron chi connectivity index (χ3n) is 5.50. The molecular weight excluding hydrogens is 316 g/mol. The number of nitrogens with zero attached hydrogens (tertiary/aromatic N) is 2. The monoisotopic (exact) mass is 332 g/mol. The molecule has 0 atom stereocenters. The average Bonchev–Trinajstić information content (AvgIpc) is 3.09. The lowest BCUT2D eigenvalue weighted by Crippen LogP contribution is -1.85. The SMILES string of the molecule is Cn1cc2c(c1)c1c3ccc4ccccc4c3ccc1c1cccnc12. The van der Waals surface area contributed by atoms with Crippen molar-refractivity contribution in [2.24, 2.45) is 7.05 Å². The van der Waals surface area contributed by atoms with Gasteiger partial charge in [0.15, 0.2) is 0 Å². The van der Waals surface area contributed by atoms with E-state index in [2.05, 4.69) is 83.6 Å². The minimum Gasteiger partial charge on any atom is -0.356 e. The molecule has 0 N–H and O–H groups in total. The Morgan fingerprint density at radius 1 is 0.615 bits per heavy atom. The largest absolute Gasteiger partial charge is 0.356 e. The van der Waals surface area contributed by atoms with Crippen molar-refractivity contribution in [2.75, 3.05) is 0 Å². The highest BCUT2D eigenvalue weighted by atomic mass is 14.9. The van der Waals surface area contributed by atoms with E-state index in [1.54, 1.807) is 0 Å². The molecule has 2 heteroatoms. The summed E-state index contributed by atoms with van der Waals surface area (Å²) in [6.45, 7) is 0. The second-order valence-corrected chi connectivity index (χ2v) is 7.02. The Hall–Kier alpha value is -3.39. The van der Waals surface area contributed by atoms with Crippen molar-refractivity contribution in [3.63, 3.8) is 0 Å². The Kier molecular flexibility index (Phi) is 2.57. The zero-order valence-corrected chi connectivity index (χ0v) is 14.4. The van der Waals surface area contributed by atoms with E-state index in [0.717, 1.165) is 5.52 Å². The van der Waals surface area contributed by atoms with Gasteiger partial charge < -0.3 is 4.57 Å². The van der Waals surface area contributed by atoms with Gasteiger partial charge in [0.2, 0.25) is 0 Å². The molecule has 26 heavy (non-hydrogen) atoms. The smallest absolute Gasteiger partial charge is 0.0802 e. The zero-order valence-electron chi connectivity index (χ0n) is 14.4. The van der Waals surface area contributed by atoms with Gasteiger partial charge in [-0.3, -0.25) is 4.98 Å². The molecule has 0 amide bonds. The van der Waals surface area contributed by atoms with Crippen LogP contribution in [-0.2, 0) is 7.05 Å². The normalized spacial score (nSPS) is 12.0. The van der Waals surface area contributed by atoms with Crippen molar-refractivity contribution < 1.29 is 0 Å². The molecule has 2 nitrogen and oxygen atoms in total. The minimum atomic E-state index is 1.08. The van der Waals surface area contributed by atoms with Crippen LogP contribution in [-0.4, -0.2) is 9.55 Å². The molecule has 0 bridgehead atoms. The first kappa shape index (κ1) is 13.9. The molecular formula is C24H16N2. The molecule has 0 aliphatic rings. The van der Waals surface area contributed by atoms with Gasteiger partial charge in [-0.05, 0) is 38.4 Å². The van der Waals surface area contributed by atoms with E-state index in [1.165, 1.54) is 48.5 Å². The molecule has 0 saturated heterocycles. The van der Waals surface area contributed by atoms with E-state index in [1.807, 2.05) is 12.3 Å². The summed E-state index contributed by atoms with van der Waals surface area (Å²) in [5.74, 6) is 0.